The van der Waals surface area contributed by atoms with Gasteiger partial charge in [0.2, 0.25) is 5.91 Å². The summed E-state index contributed by atoms with van der Waals surface area (Å²) in [6, 6.07) is 14.2. The quantitative estimate of drug-likeness (QED) is 0.785. The first-order valence-electron chi connectivity index (χ1n) is 10.3. The number of hydrogen-bond donors (Lipinski definition) is 1. The second-order valence-electron chi connectivity index (χ2n) is 8.51. The minimum atomic E-state index is -3.85. The van der Waals surface area contributed by atoms with Gasteiger partial charge in [0.25, 0.3) is 10.0 Å². The number of hydrogen-bond acceptors (Lipinski definition) is 3. The van der Waals surface area contributed by atoms with E-state index in [2.05, 4.69) is 5.32 Å². The molecule has 4 rings (SSSR count). The maximum Gasteiger partial charge on any atom is 0.264 e. The molecule has 0 radical (unpaired) electrons. The highest BCUT2D eigenvalue weighted by molar-refractivity contribution is 7.92. The first-order valence-corrected chi connectivity index (χ1v) is 11.7. The van der Waals surface area contributed by atoms with Gasteiger partial charge in [-0.3, -0.25) is 9.10 Å². The molecule has 0 heterocycles. The lowest BCUT2D eigenvalue weighted by Gasteiger charge is -2.27. The summed E-state index contributed by atoms with van der Waals surface area (Å²) < 4.78 is 28.0. The fourth-order valence-electron chi connectivity index (χ4n) is 4.67. The van der Waals surface area contributed by atoms with Crippen molar-refractivity contribution in [2.24, 2.45) is 11.8 Å². The summed E-state index contributed by atoms with van der Waals surface area (Å²) in [6.45, 7) is 3.65. The molecule has 2 saturated carbocycles. The molecule has 0 unspecified atom stereocenters. The van der Waals surface area contributed by atoms with E-state index in [4.69, 9.17) is 0 Å². The van der Waals surface area contributed by atoms with Gasteiger partial charge in [0, 0.05) is 6.04 Å². The molecule has 2 bridgehead atoms. The second kappa shape index (κ2) is 7.82. The monoisotopic (exact) mass is 412 g/mol. The van der Waals surface area contributed by atoms with Gasteiger partial charge in [-0.2, -0.15) is 0 Å². The average Bonchev–Trinajstić information content (AvgIpc) is 3.30. The van der Waals surface area contributed by atoms with Gasteiger partial charge in [-0.1, -0.05) is 41.8 Å². The van der Waals surface area contributed by atoms with Crippen LogP contribution in [0, 0.1) is 25.7 Å². The zero-order valence-electron chi connectivity index (χ0n) is 17.0. The average molecular weight is 413 g/mol. The third-order valence-electron chi connectivity index (χ3n) is 6.30. The number of aryl methyl sites for hydroxylation is 2. The highest BCUT2D eigenvalue weighted by atomic mass is 32.2. The van der Waals surface area contributed by atoms with E-state index in [9.17, 15) is 13.2 Å². The fourth-order valence-corrected chi connectivity index (χ4v) is 6.09. The van der Waals surface area contributed by atoms with E-state index in [1.165, 1.54) is 23.6 Å². The molecule has 6 heteroatoms. The number of carbonyl (C=O) groups is 1. The molecule has 1 amide bonds. The Balaban J connectivity index is 1.59. The lowest BCUT2D eigenvalue weighted by molar-refractivity contribution is -0.120. The number of anilines is 1. The summed E-state index contributed by atoms with van der Waals surface area (Å²) >= 11 is 0. The molecule has 29 heavy (non-hydrogen) atoms. The standard InChI is InChI=1S/C23H28N2O3S/c1-16-3-9-20(10-4-16)25(29(27,28)21-11-5-17(2)6-12-21)15-23(26)24-22-14-18-7-8-19(22)13-18/h3-6,9-12,18-19,22H,7-8,13-15H2,1-2H3,(H,24,26)/t18-,19-,22-/m0/s1. The summed E-state index contributed by atoms with van der Waals surface area (Å²) in [7, 11) is -3.85. The molecule has 2 aliphatic carbocycles. The van der Waals surface area contributed by atoms with Crippen LogP contribution in [0.1, 0.15) is 36.8 Å². The van der Waals surface area contributed by atoms with Crippen LogP contribution in [0.3, 0.4) is 0 Å². The van der Waals surface area contributed by atoms with Crippen LogP contribution in [0.25, 0.3) is 0 Å². The zero-order chi connectivity index (χ0) is 20.6. The molecule has 2 aliphatic rings. The number of amides is 1. The summed E-state index contributed by atoms with van der Waals surface area (Å²) in [6.07, 6.45) is 4.63. The molecule has 2 fully saturated rings. The van der Waals surface area contributed by atoms with E-state index in [1.54, 1.807) is 36.4 Å². The van der Waals surface area contributed by atoms with Gasteiger partial charge >= 0.3 is 0 Å². The number of rotatable bonds is 6. The van der Waals surface area contributed by atoms with Crippen LogP contribution in [0.5, 0.6) is 0 Å². The zero-order valence-corrected chi connectivity index (χ0v) is 17.8. The molecule has 5 nitrogen and oxygen atoms in total. The van der Waals surface area contributed by atoms with Gasteiger partial charge < -0.3 is 5.32 Å². The highest BCUT2D eigenvalue weighted by Crippen LogP contribution is 2.44. The molecular formula is C23H28N2O3S. The SMILES string of the molecule is Cc1ccc(N(CC(=O)N[C@H]2C[C@H]3CC[C@H]2C3)S(=O)(=O)c2ccc(C)cc2)cc1. The molecule has 0 aliphatic heterocycles. The molecule has 0 aromatic heterocycles. The Morgan fingerprint density at radius 2 is 1.59 bits per heavy atom. The van der Waals surface area contributed by atoms with Crippen molar-refractivity contribution in [1.82, 2.24) is 5.32 Å². The van der Waals surface area contributed by atoms with E-state index in [-0.39, 0.29) is 23.4 Å². The normalized spacial score (nSPS) is 23.2. The Hall–Kier alpha value is -2.34. The summed E-state index contributed by atoms with van der Waals surface area (Å²) in [5, 5.41) is 3.11. The van der Waals surface area contributed by atoms with Crippen LogP contribution in [0.15, 0.2) is 53.4 Å². The topological polar surface area (TPSA) is 66.5 Å². The van der Waals surface area contributed by atoms with Crippen molar-refractivity contribution in [2.45, 2.75) is 50.5 Å². The van der Waals surface area contributed by atoms with Gasteiger partial charge in [-0.15, -0.1) is 0 Å². The second-order valence-corrected chi connectivity index (χ2v) is 10.4. The molecule has 0 spiro atoms. The van der Waals surface area contributed by atoms with Crippen molar-refractivity contribution in [2.75, 3.05) is 10.8 Å². The Morgan fingerprint density at radius 3 is 2.14 bits per heavy atom. The molecule has 0 saturated heterocycles. The van der Waals surface area contributed by atoms with Crippen LogP contribution in [-0.2, 0) is 14.8 Å². The van der Waals surface area contributed by atoms with E-state index < -0.39 is 10.0 Å². The van der Waals surface area contributed by atoms with E-state index >= 15 is 0 Å². The van der Waals surface area contributed by atoms with Gasteiger partial charge in [-0.25, -0.2) is 8.42 Å². The van der Waals surface area contributed by atoms with Crippen LogP contribution >= 0.6 is 0 Å². The summed E-state index contributed by atoms with van der Waals surface area (Å²) in [4.78, 5) is 13.0. The van der Waals surface area contributed by atoms with Crippen molar-refractivity contribution in [3.8, 4) is 0 Å². The number of fused-ring (bicyclic) bond motifs is 2. The molecule has 154 valence electrons. The van der Waals surface area contributed by atoms with Gasteiger partial charge in [0.15, 0.2) is 0 Å². The Labute approximate surface area is 173 Å². The maximum atomic E-state index is 13.4. The number of nitrogens with one attached hydrogen (secondary N) is 1. The lowest BCUT2D eigenvalue weighted by atomic mass is 9.95. The van der Waals surface area contributed by atoms with Crippen molar-refractivity contribution in [3.05, 3.63) is 59.7 Å². The van der Waals surface area contributed by atoms with E-state index in [0.29, 0.717) is 11.6 Å². The largest absolute Gasteiger partial charge is 0.352 e. The summed E-state index contributed by atoms with van der Waals surface area (Å²) in [5.74, 6) is 1.03. The highest BCUT2D eigenvalue weighted by Gasteiger charge is 2.40. The van der Waals surface area contributed by atoms with Gasteiger partial charge in [0.05, 0.1) is 10.6 Å². The number of sulfonamides is 1. The predicted molar refractivity (Wildman–Crippen MR) is 114 cm³/mol. The first kappa shape index (κ1) is 20.0. The number of carbonyl (C=O) groups excluding carboxylic acids is 1. The molecule has 1 N–H and O–H groups in total. The van der Waals surface area contributed by atoms with Crippen LogP contribution in [0.4, 0.5) is 5.69 Å². The Morgan fingerprint density at radius 1 is 0.966 bits per heavy atom. The van der Waals surface area contributed by atoms with Crippen molar-refractivity contribution < 1.29 is 13.2 Å². The smallest absolute Gasteiger partial charge is 0.264 e. The van der Waals surface area contributed by atoms with E-state index in [0.717, 1.165) is 23.5 Å². The number of benzene rings is 2. The van der Waals surface area contributed by atoms with Gasteiger partial charge in [-0.05, 0) is 69.2 Å². The minimum Gasteiger partial charge on any atom is -0.352 e. The third-order valence-corrected chi connectivity index (χ3v) is 8.09. The molecular weight excluding hydrogens is 384 g/mol. The van der Waals surface area contributed by atoms with Crippen molar-refractivity contribution >= 4 is 21.6 Å². The number of nitrogens with zero attached hydrogens (tertiary/aromatic N) is 1. The summed E-state index contributed by atoms with van der Waals surface area (Å²) in [5.41, 5.74) is 2.52. The maximum absolute atomic E-state index is 13.4. The predicted octanol–water partition coefficient (Wildman–Crippen LogP) is 3.80. The third kappa shape index (κ3) is 4.17. The molecule has 2 aromatic carbocycles. The van der Waals surface area contributed by atoms with Crippen molar-refractivity contribution in [1.29, 1.82) is 0 Å². The van der Waals surface area contributed by atoms with Gasteiger partial charge in [0.1, 0.15) is 6.54 Å². The minimum absolute atomic E-state index is 0.184. The van der Waals surface area contributed by atoms with Crippen LogP contribution < -0.4 is 9.62 Å². The van der Waals surface area contributed by atoms with E-state index in [1.807, 2.05) is 26.0 Å². The first-order chi connectivity index (χ1) is 13.8. The lowest BCUT2D eigenvalue weighted by Crippen LogP contribution is -2.46. The molecule has 2 aromatic rings. The van der Waals surface area contributed by atoms with Crippen molar-refractivity contribution in [3.63, 3.8) is 0 Å². The Kier molecular flexibility index (Phi) is 5.38. The van der Waals surface area contributed by atoms with Crippen LogP contribution in [0.2, 0.25) is 0 Å². The fraction of sp³-hybridized carbons (Fsp3) is 0.435. The van der Waals surface area contributed by atoms with Crippen LogP contribution in [-0.4, -0.2) is 26.9 Å². The molecule has 3 atom stereocenters. The Bertz CT molecular complexity index is 984.